The fourth-order valence-electron chi connectivity index (χ4n) is 1.71. The Morgan fingerprint density at radius 1 is 0.923 bits per heavy atom. The summed E-state index contributed by atoms with van der Waals surface area (Å²) in [6.45, 7) is -1.30. The van der Waals surface area contributed by atoms with Crippen LogP contribution in [0, 0.1) is 0 Å². The van der Waals surface area contributed by atoms with E-state index in [2.05, 4.69) is 28.6 Å². The summed E-state index contributed by atoms with van der Waals surface area (Å²) in [5, 5.41) is 33.2. The molecule has 3 amide bonds. The van der Waals surface area contributed by atoms with E-state index in [1.807, 2.05) is 0 Å². The number of aliphatic carboxylic acids is 2. The molecule has 8 N–H and O–H groups in total. The monoisotopic (exact) mass is 394 g/mol. The molecule has 0 saturated heterocycles. The summed E-state index contributed by atoms with van der Waals surface area (Å²) in [4.78, 5) is 57.0. The Bertz CT molecular complexity index is 544. The molecule has 0 bridgehead atoms. The number of thiol groups is 1. The van der Waals surface area contributed by atoms with Crippen LogP contribution in [0.15, 0.2) is 0 Å². The van der Waals surface area contributed by atoms with Gasteiger partial charge in [-0.1, -0.05) is 0 Å². The van der Waals surface area contributed by atoms with E-state index < -0.39 is 67.4 Å². The highest BCUT2D eigenvalue weighted by molar-refractivity contribution is 7.80. The maximum atomic E-state index is 12.2. The highest BCUT2D eigenvalue weighted by atomic mass is 32.1. The van der Waals surface area contributed by atoms with Crippen molar-refractivity contribution in [1.29, 1.82) is 0 Å². The first-order valence-electron chi connectivity index (χ1n) is 7.42. The van der Waals surface area contributed by atoms with Crippen LogP contribution in [0.25, 0.3) is 0 Å². The van der Waals surface area contributed by atoms with E-state index in [4.69, 9.17) is 15.9 Å². The number of rotatable bonds is 12. The topological polar surface area (TPSA) is 208 Å². The molecule has 13 heteroatoms. The van der Waals surface area contributed by atoms with Crippen molar-refractivity contribution in [2.45, 2.75) is 31.0 Å². The Labute approximate surface area is 153 Å². The van der Waals surface area contributed by atoms with Gasteiger partial charge in [0.25, 0.3) is 0 Å². The van der Waals surface area contributed by atoms with E-state index in [9.17, 15) is 29.1 Å². The summed E-state index contributed by atoms with van der Waals surface area (Å²) in [7, 11) is 0. The van der Waals surface area contributed by atoms with Crippen molar-refractivity contribution in [2.24, 2.45) is 5.73 Å². The first-order valence-corrected chi connectivity index (χ1v) is 8.05. The third kappa shape index (κ3) is 8.64. The van der Waals surface area contributed by atoms with Gasteiger partial charge in [-0.25, -0.2) is 4.79 Å². The molecular weight excluding hydrogens is 372 g/mol. The second-order valence-corrected chi connectivity index (χ2v) is 5.45. The second kappa shape index (κ2) is 12.1. The molecule has 0 aromatic heterocycles. The van der Waals surface area contributed by atoms with Crippen LogP contribution in [-0.4, -0.2) is 82.0 Å². The van der Waals surface area contributed by atoms with Crippen molar-refractivity contribution in [1.82, 2.24) is 16.0 Å². The van der Waals surface area contributed by atoms with E-state index in [1.54, 1.807) is 0 Å². The summed E-state index contributed by atoms with van der Waals surface area (Å²) in [6.07, 6.45) is -0.721. The summed E-state index contributed by atoms with van der Waals surface area (Å²) in [5.41, 5.74) is 5.12. The minimum atomic E-state index is -1.51. The Kier molecular flexibility index (Phi) is 10.9. The first-order chi connectivity index (χ1) is 12.2. The molecule has 3 atom stereocenters. The molecular formula is C13H22N4O8S. The van der Waals surface area contributed by atoms with E-state index in [0.717, 1.165) is 0 Å². The van der Waals surface area contributed by atoms with Gasteiger partial charge in [0.1, 0.15) is 18.1 Å². The van der Waals surface area contributed by atoms with Crippen molar-refractivity contribution < 1.29 is 39.3 Å². The lowest BCUT2D eigenvalue weighted by atomic mass is 10.1. The van der Waals surface area contributed by atoms with Gasteiger partial charge in [-0.05, 0) is 6.42 Å². The fourth-order valence-corrected chi connectivity index (χ4v) is 1.96. The predicted molar refractivity (Wildman–Crippen MR) is 90.3 cm³/mol. The van der Waals surface area contributed by atoms with E-state index in [1.165, 1.54) is 0 Å². The molecule has 0 aromatic rings. The van der Waals surface area contributed by atoms with Gasteiger partial charge in [-0.2, -0.15) is 12.6 Å². The van der Waals surface area contributed by atoms with Crippen molar-refractivity contribution >= 4 is 42.3 Å². The average molecular weight is 394 g/mol. The zero-order valence-electron chi connectivity index (χ0n) is 13.7. The van der Waals surface area contributed by atoms with Gasteiger partial charge < -0.3 is 37.0 Å². The second-order valence-electron chi connectivity index (χ2n) is 5.08. The summed E-state index contributed by atoms with van der Waals surface area (Å²) >= 11 is 3.76. The number of hydrogen-bond acceptors (Lipinski definition) is 8. The highest BCUT2D eigenvalue weighted by Crippen LogP contribution is 2.00. The van der Waals surface area contributed by atoms with Crippen molar-refractivity contribution in [3.8, 4) is 0 Å². The van der Waals surface area contributed by atoms with Crippen LogP contribution in [0.2, 0.25) is 0 Å². The molecule has 0 aromatic carbocycles. The quantitative estimate of drug-likeness (QED) is 0.153. The van der Waals surface area contributed by atoms with Crippen molar-refractivity contribution in [2.75, 3.05) is 18.9 Å². The fraction of sp³-hybridized carbons (Fsp3) is 0.615. The molecule has 26 heavy (non-hydrogen) atoms. The summed E-state index contributed by atoms with van der Waals surface area (Å²) in [6, 6.07) is -4.15. The van der Waals surface area contributed by atoms with Gasteiger partial charge in [-0.3, -0.25) is 19.2 Å². The molecule has 0 heterocycles. The van der Waals surface area contributed by atoms with Gasteiger partial charge in [0, 0.05) is 12.2 Å². The lowest BCUT2D eigenvalue weighted by Crippen LogP contribution is -2.57. The number of aliphatic hydroxyl groups excluding tert-OH is 1. The van der Waals surface area contributed by atoms with Gasteiger partial charge in [-0.15, -0.1) is 0 Å². The number of nitrogens with one attached hydrogen (secondary N) is 3. The zero-order valence-corrected chi connectivity index (χ0v) is 14.6. The van der Waals surface area contributed by atoms with Crippen molar-refractivity contribution in [3.05, 3.63) is 0 Å². The SMILES string of the molecule is NCC(=O)NC(CCC(=O)O)C(=O)NC(CO)C(=O)NC(CS)C(=O)O. The van der Waals surface area contributed by atoms with Gasteiger partial charge in [0.15, 0.2) is 0 Å². The smallest absolute Gasteiger partial charge is 0.327 e. The summed E-state index contributed by atoms with van der Waals surface area (Å²) in [5.74, 6) is -5.42. The number of carboxylic acid groups (broad SMARTS) is 2. The maximum absolute atomic E-state index is 12.2. The molecule has 0 fully saturated rings. The molecule has 0 radical (unpaired) electrons. The van der Waals surface area contributed by atoms with Crippen LogP contribution >= 0.6 is 12.6 Å². The number of aliphatic hydroxyl groups is 1. The zero-order chi connectivity index (χ0) is 20.3. The predicted octanol–water partition coefficient (Wildman–Crippen LogP) is -3.73. The number of carbonyl (C=O) groups excluding carboxylic acids is 3. The minimum absolute atomic E-state index is 0.221. The average Bonchev–Trinajstić information content (AvgIpc) is 2.59. The van der Waals surface area contributed by atoms with Gasteiger partial charge >= 0.3 is 11.9 Å². The normalized spacial score (nSPS) is 13.8. The lowest BCUT2D eigenvalue weighted by Gasteiger charge is -2.22. The standard InChI is InChI=1S/C13H22N4O8S/c14-3-9(19)15-6(1-2-10(20)21)11(22)16-7(4-18)12(23)17-8(5-26)13(24)25/h6-8,18,26H,1-5,14H2,(H,15,19)(H,16,22)(H,17,23)(H,20,21)(H,24,25). The first kappa shape index (κ1) is 23.6. The molecule has 148 valence electrons. The van der Waals surface area contributed by atoms with E-state index in [0.29, 0.717) is 0 Å². The molecule has 0 aliphatic carbocycles. The van der Waals surface area contributed by atoms with Crippen molar-refractivity contribution in [3.63, 3.8) is 0 Å². The Balaban J connectivity index is 5.01. The number of carboxylic acids is 2. The molecule has 12 nitrogen and oxygen atoms in total. The summed E-state index contributed by atoms with van der Waals surface area (Å²) < 4.78 is 0. The van der Waals surface area contributed by atoms with Gasteiger partial charge in [0.2, 0.25) is 17.7 Å². The van der Waals surface area contributed by atoms with E-state index >= 15 is 0 Å². The molecule has 0 aliphatic rings. The van der Waals surface area contributed by atoms with Crippen LogP contribution in [0.4, 0.5) is 0 Å². The molecule has 0 spiro atoms. The third-order valence-corrected chi connectivity index (χ3v) is 3.46. The lowest BCUT2D eigenvalue weighted by molar-refractivity contribution is -0.141. The Morgan fingerprint density at radius 3 is 1.88 bits per heavy atom. The van der Waals surface area contributed by atoms with Crippen LogP contribution in [0.3, 0.4) is 0 Å². The van der Waals surface area contributed by atoms with Crippen LogP contribution in [0.1, 0.15) is 12.8 Å². The number of amides is 3. The molecule has 0 saturated carbocycles. The highest BCUT2D eigenvalue weighted by Gasteiger charge is 2.28. The Hall–Kier alpha value is -2.38. The van der Waals surface area contributed by atoms with Crippen LogP contribution in [-0.2, 0) is 24.0 Å². The van der Waals surface area contributed by atoms with Crippen LogP contribution < -0.4 is 21.7 Å². The number of carbonyl (C=O) groups is 5. The number of hydrogen-bond donors (Lipinski definition) is 8. The minimum Gasteiger partial charge on any atom is -0.481 e. The number of nitrogens with two attached hydrogens (primary N) is 1. The third-order valence-electron chi connectivity index (χ3n) is 3.10. The van der Waals surface area contributed by atoms with E-state index in [-0.39, 0.29) is 12.2 Å². The maximum Gasteiger partial charge on any atom is 0.327 e. The molecule has 0 rings (SSSR count). The van der Waals surface area contributed by atoms with Gasteiger partial charge in [0.05, 0.1) is 13.2 Å². The molecule has 3 unspecified atom stereocenters. The largest absolute Gasteiger partial charge is 0.481 e. The molecule has 0 aliphatic heterocycles. The van der Waals surface area contributed by atoms with Crippen LogP contribution in [0.5, 0.6) is 0 Å². The Morgan fingerprint density at radius 2 is 1.46 bits per heavy atom.